The lowest BCUT2D eigenvalue weighted by Crippen LogP contribution is -2.30. The molecule has 0 spiro atoms. The van der Waals surface area contributed by atoms with Crippen LogP contribution in [-0.4, -0.2) is 46.0 Å². The Balaban J connectivity index is 2.04. The first-order valence-corrected chi connectivity index (χ1v) is 8.56. The van der Waals surface area contributed by atoms with Crippen molar-refractivity contribution in [1.29, 1.82) is 0 Å². The van der Waals surface area contributed by atoms with Crippen molar-refractivity contribution in [3.63, 3.8) is 0 Å². The Hall–Kier alpha value is -2.13. The SMILES string of the molecule is Cn1c(=O)n(C)c2cc(S(=O)(=O)N3CCC(C(=O)O)C3)ccc21. The van der Waals surface area contributed by atoms with Crippen LogP contribution in [0.25, 0.3) is 11.0 Å². The van der Waals surface area contributed by atoms with Crippen molar-refractivity contribution < 1.29 is 18.3 Å². The van der Waals surface area contributed by atoms with E-state index in [9.17, 15) is 18.0 Å². The van der Waals surface area contributed by atoms with E-state index >= 15 is 0 Å². The highest BCUT2D eigenvalue weighted by atomic mass is 32.2. The number of imidazole rings is 1. The minimum atomic E-state index is -3.77. The van der Waals surface area contributed by atoms with Gasteiger partial charge in [-0.1, -0.05) is 0 Å². The van der Waals surface area contributed by atoms with Gasteiger partial charge in [-0.15, -0.1) is 0 Å². The van der Waals surface area contributed by atoms with E-state index in [0.717, 1.165) is 0 Å². The molecular weight excluding hydrogens is 322 g/mol. The number of aryl methyl sites for hydroxylation is 2. The zero-order chi connectivity index (χ0) is 16.9. The summed E-state index contributed by atoms with van der Waals surface area (Å²) in [7, 11) is -0.569. The highest BCUT2D eigenvalue weighted by Crippen LogP contribution is 2.26. The fourth-order valence-electron chi connectivity index (χ4n) is 2.94. The molecule has 1 aliphatic heterocycles. The van der Waals surface area contributed by atoms with E-state index in [0.29, 0.717) is 17.5 Å². The number of fused-ring (bicyclic) bond motifs is 1. The summed E-state index contributed by atoms with van der Waals surface area (Å²) in [4.78, 5) is 23.0. The summed E-state index contributed by atoms with van der Waals surface area (Å²) in [5, 5.41) is 9.02. The summed E-state index contributed by atoms with van der Waals surface area (Å²) in [5.41, 5.74) is 0.926. The normalized spacial score (nSPS) is 19.5. The van der Waals surface area contributed by atoms with Crippen LogP contribution in [0.4, 0.5) is 0 Å². The van der Waals surface area contributed by atoms with Crippen LogP contribution in [0.1, 0.15) is 6.42 Å². The molecule has 2 heterocycles. The number of hydrogen-bond donors (Lipinski definition) is 1. The maximum Gasteiger partial charge on any atom is 0.328 e. The molecule has 1 saturated heterocycles. The molecular formula is C14H17N3O5S. The molecule has 0 aliphatic carbocycles. The third-order valence-electron chi connectivity index (χ3n) is 4.38. The molecule has 124 valence electrons. The number of sulfonamides is 1. The second-order valence-electron chi connectivity index (χ2n) is 5.74. The molecule has 3 rings (SSSR count). The minimum absolute atomic E-state index is 0.0244. The average Bonchev–Trinajstić information content (AvgIpc) is 3.09. The highest BCUT2D eigenvalue weighted by Gasteiger charge is 2.36. The third kappa shape index (κ3) is 2.36. The van der Waals surface area contributed by atoms with Gasteiger partial charge >= 0.3 is 11.7 Å². The van der Waals surface area contributed by atoms with Crippen molar-refractivity contribution >= 4 is 27.0 Å². The molecule has 2 aromatic rings. The fourth-order valence-corrected chi connectivity index (χ4v) is 4.46. The van der Waals surface area contributed by atoms with Crippen LogP contribution < -0.4 is 5.69 Å². The van der Waals surface area contributed by atoms with Crippen molar-refractivity contribution in [2.45, 2.75) is 11.3 Å². The number of carboxylic acids is 1. The summed E-state index contributed by atoms with van der Waals surface area (Å²) >= 11 is 0. The van der Waals surface area contributed by atoms with Crippen molar-refractivity contribution in [3.05, 3.63) is 28.7 Å². The largest absolute Gasteiger partial charge is 0.481 e. The van der Waals surface area contributed by atoms with Gasteiger partial charge in [0.1, 0.15) is 0 Å². The Bertz CT molecular complexity index is 957. The molecule has 0 bridgehead atoms. The second kappa shape index (κ2) is 5.20. The molecule has 1 N–H and O–H groups in total. The molecule has 1 aromatic carbocycles. The van der Waals surface area contributed by atoms with Crippen molar-refractivity contribution in [2.75, 3.05) is 13.1 Å². The average molecular weight is 339 g/mol. The standard InChI is InChI=1S/C14H17N3O5S/c1-15-11-4-3-10(7-12(11)16(2)14(15)20)23(21,22)17-6-5-9(8-17)13(18)19/h3-4,7,9H,5-6,8H2,1-2H3,(H,18,19). The number of carbonyl (C=O) groups is 1. The van der Waals surface area contributed by atoms with Crippen LogP contribution in [-0.2, 0) is 28.9 Å². The van der Waals surface area contributed by atoms with Gasteiger partial charge < -0.3 is 5.11 Å². The first-order valence-electron chi connectivity index (χ1n) is 7.12. The maximum absolute atomic E-state index is 12.7. The number of hydrogen-bond acceptors (Lipinski definition) is 4. The quantitative estimate of drug-likeness (QED) is 0.846. The Morgan fingerprint density at radius 3 is 2.48 bits per heavy atom. The lowest BCUT2D eigenvalue weighted by atomic mass is 10.1. The van der Waals surface area contributed by atoms with Gasteiger partial charge in [0.05, 0.1) is 21.8 Å². The smallest absolute Gasteiger partial charge is 0.328 e. The molecule has 1 atom stereocenters. The molecule has 1 fully saturated rings. The van der Waals surface area contributed by atoms with E-state index in [2.05, 4.69) is 0 Å². The zero-order valence-electron chi connectivity index (χ0n) is 12.8. The third-order valence-corrected chi connectivity index (χ3v) is 6.24. The monoisotopic (exact) mass is 339 g/mol. The van der Waals surface area contributed by atoms with E-state index in [1.807, 2.05) is 0 Å². The van der Waals surface area contributed by atoms with Crippen molar-refractivity contribution in [2.24, 2.45) is 20.0 Å². The predicted molar refractivity (Wildman–Crippen MR) is 82.7 cm³/mol. The first kappa shape index (κ1) is 15.8. The molecule has 8 nitrogen and oxygen atoms in total. The van der Waals surface area contributed by atoms with Crippen LogP contribution in [0, 0.1) is 5.92 Å². The number of benzene rings is 1. The summed E-state index contributed by atoms with van der Waals surface area (Å²) < 4.78 is 29.4. The second-order valence-corrected chi connectivity index (χ2v) is 7.68. The van der Waals surface area contributed by atoms with Crippen molar-refractivity contribution in [1.82, 2.24) is 13.4 Å². The van der Waals surface area contributed by atoms with Gasteiger partial charge in [-0.25, -0.2) is 13.2 Å². The zero-order valence-corrected chi connectivity index (χ0v) is 13.6. The van der Waals surface area contributed by atoms with Gasteiger partial charge in [0.25, 0.3) is 0 Å². The number of nitrogens with zero attached hydrogens (tertiary/aromatic N) is 3. The van der Waals surface area contributed by atoms with Crippen molar-refractivity contribution in [3.8, 4) is 0 Å². The van der Waals surface area contributed by atoms with E-state index in [4.69, 9.17) is 5.11 Å². The van der Waals surface area contributed by atoms with Gasteiger partial charge in [-0.2, -0.15) is 4.31 Å². The summed E-state index contributed by atoms with van der Waals surface area (Å²) in [6.07, 6.45) is 0.306. The molecule has 23 heavy (non-hydrogen) atoms. The Labute approximate surface area is 132 Å². The van der Waals surface area contributed by atoms with E-state index in [-0.39, 0.29) is 23.7 Å². The molecule has 9 heteroatoms. The van der Waals surface area contributed by atoms with Crippen LogP contribution in [0.3, 0.4) is 0 Å². The highest BCUT2D eigenvalue weighted by molar-refractivity contribution is 7.89. The lowest BCUT2D eigenvalue weighted by molar-refractivity contribution is -0.141. The summed E-state index contributed by atoms with van der Waals surface area (Å²) in [5.74, 6) is -1.65. The van der Waals surface area contributed by atoms with Crippen LogP contribution >= 0.6 is 0 Å². The molecule has 0 saturated carbocycles. The lowest BCUT2D eigenvalue weighted by Gasteiger charge is -2.16. The van der Waals surface area contributed by atoms with Gasteiger partial charge in [0.15, 0.2) is 0 Å². The molecule has 1 aromatic heterocycles. The van der Waals surface area contributed by atoms with Crippen LogP contribution in [0.15, 0.2) is 27.9 Å². The van der Waals surface area contributed by atoms with E-state index in [1.54, 1.807) is 20.2 Å². The molecule has 0 radical (unpaired) electrons. The van der Waals surface area contributed by atoms with E-state index in [1.165, 1.54) is 25.6 Å². The van der Waals surface area contributed by atoms with Gasteiger partial charge in [-0.3, -0.25) is 13.9 Å². The predicted octanol–water partition coefficient (Wildman–Crippen LogP) is -0.0278. The fraction of sp³-hybridized carbons (Fsp3) is 0.429. The summed E-state index contributed by atoms with van der Waals surface area (Å²) in [6.45, 7) is 0.161. The Morgan fingerprint density at radius 1 is 1.22 bits per heavy atom. The van der Waals surface area contributed by atoms with Crippen LogP contribution in [0.5, 0.6) is 0 Å². The van der Waals surface area contributed by atoms with E-state index < -0.39 is 21.9 Å². The van der Waals surface area contributed by atoms with Gasteiger partial charge in [0.2, 0.25) is 10.0 Å². The Kier molecular flexibility index (Phi) is 3.56. The topological polar surface area (TPSA) is 102 Å². The number of aliphatic carboxylic acids is 1. The van der Waals surface area contributed by atoms with Gasteiger partial charge in [-0.05, 0) is 24.6 Å². The summed E-state index contributed by atoms with van der Waals surface area (Å²) in [6, 6.07) is 4.50. The van der Waals surface area contributed by atoms with Gasteiger partial charge in [0, 0.05) is 27.2 Å². The molecule has 0 amide bonds. The number of carboxylic acid groups (broad SMARTS) is 1. The first-order chi connectivity index (χ1) is 10.7. The number of rotatable bonds is 3. The molecule has 1 aliphatic rings. The minimum Gasteiger partial charge on any atom is -0.481 e. The van der Waals surface area contributed by atoms with Crippen LogP contribution in [0.2, 0.25) is 0 Å². The Morgan fingerprint density at radius 2 is 1.87 bits per heavy atom. The number of aromatic nitrogens is 2. The maximum atomic E-state index is 12.7. The molecule has 1 unspecified atom stereocenters.